The van der Waals surface area contributed by atoms with E-state index in [2.05, 4.69) is 4.98 Å². The third-order valence-electron chi connectivity index (χ3n) is 3.43. The Kier molecular flexibility index (Phi) is 3.20. The number of para-hydroxylation sites is 1. The topological polar surface area (TPSA) is 33.1 Å². The van der Waals surface area contributed by atoms with Gasteiger partial charge < -0.3 is 5.11 Å². The first-order valence-corrected chi connectivity index (χ1v) is 6.45. The minimum Gasteiger partial charge on any atom is -0.382 e. The van der Waals surface area contributed by atoms with Gasteiger partial charge in [-0.2, -0.15) is 0 Å². The van der Waals surface area contributed by atoms with Gasteiger partial charge in [0, 0.05) is 5.39 Å². The van der Waals surface area contributed by atoms with E-state index < -0.39 is 6.10 Å². The van der Waals surface area contributed by atoms with Gasteiger partial charge in [0.05, 0.1) is 11.2 Å². The molecule has 1 aromatic heterocycles. The molecule has 2 nitrogen and oxygen atoms in total. The number of aryl methyl sites for hydroxylation is 1. The summed E-state index contributed by atoms with van der Waals surface area (Å²) in [5.41, 5.74) is 2.80. The highest BCUT2D eigenvalue weighted by Crippen LogP contribution is 2.25. The van der Waals surface area contributed by atoms with Crippen molar-refractivity contribution < 1.29 is 9.50 Å². The first-order chi connectivity index (χ1) is 9.65. The number of aliphatic hydroxyl groups excluding tert-OH is 1. The monoisotopic (exact) mass is 267 g/mol. The highest BCUT2D eigenvalue weighted by molar-refractivity contribution is 5.78. The van der Waals surface area contributed by atoms with Crippen molar-refractivity contribution in [2.45, 2.75) is 13.0 Å². The van der Waals surface area contributed by atoms with E-state index in [0.717, 1.165) is 10.9 Å². The van der Waals surface area contributed by atoms with Crippen LogP contribution in [-0.2, 0) is 0 Å². The number of aliphatic hydroxyl groups is 1. The molecule has 0 aliphatic rings. The molecule has 0 bridgehead atoms. The lowest BCUT2D eigenvalue weighted by Gasteiger charge is -2.14. The third-order valence-corrected chi connectivity index (χ3v) is 3.43. The molecule has 0 aliphatic heterocycles. The smallest absolute Gasteiger partial charge is 0.123 e. The fourth-order valence-electron chi connectivity index (χ4n) is 2.34. The van der Waals surface area contributed by atoms with E-state index in [0.29, 0.717) is 16.8 Å². The van der Waals surface area contributed by atoms with Crippen LogP contribution in [-0.4, -0.2) is 10.1 Å². The van der Waals surface area contributed by atoms with Crippen molar-refractivity contribution in [3.8, 4) is 0 Å². The van der Waals surface area contributed by atoms with Gasteiger partial charge in [-0.05, 0) is 42.3 Å². The first-order valence-electron chi connectivity index (χ1n) is 6.45. The second-order valence-corrected chi connectivity index (χ2v) is 4.83. The molecule has 1 atom stereocenters. The van der Waals surface area contributed by atoms with Crippen LogP contribution in [0.1, 0.15) is 22.9 Å². The molecule has 0 amide bonds. The predicted octanol–water partition coefficient (Wildman–Crippen LogP) is 3.76. The minimum atomic E-state index is -0.847. The van der Waals surface area contributed by atoms with Crippen molar-refractivity contribution in [2.24, 2.45) is 0 Å². The van der Waals surface area contributed by atoms with Crippen molar-refractivity contribution in [1.29, 1.82) is 0 Å². The molecule has 1 N–H and O–H groups in total. The minimum absolute atomic E-state index is 0.301. The van der Waals surface area contributed by atoms with Gasteiger partial charge in [-0.25, -0.2) is 9.37 Å². The van der Waals surface area contributed by atoms with E-state index in [1.165, 1.54) is 12.1 Å². The summed E-state index contributed by atoms with van der Waals surface area (Å²) in [6.07, 6.45) is -0.847. The van der Waals surface area contributed by atoms with Gasteiger partial charge in [-0.1, -0.05) is 30.3 Å². The Bertz CT molecular complexity index is 770. The van der Waals surface area contributed by atoms with Gasteiger partial charge in [-0.15, -0.1) is 0 Å². The molecule has 1 heterocycles. The summed E-state index contributed by atoms with van der Waals surface area (Å²) in [5, 5.41) is 11.5. The summed E-state index contributed by atoms with van der Waals surface area (Å²) >= 11 is 0. The predicted molar refractivity (Wildman–Crippen MR) is 76.9 cm³/mol. The Morgan fingerprint density at radius 1 is 1.05 bits per heavy atom. The zero-order valence-electron chi connectivity index (χ0n) is 11.0. The molecular weight excluding hydrogens is 253 g/mol. The van der Waals surface area contributed by atoms with E-state index in [9.17, 15) is 9.50 Å². The zero-order valence-corrected chi connectivity index (χ0v) is 11.0. The highest BCUT2D eigenvalue weighted by Gasteiger charge is 2.15. The second kappa shape index (κ2) is 5.02. The number of nitrogens with zero attached hydrogens (tertiary/aromatic N) is 1. The average molecular weight is 267 g/mol. The van der Waals surface area contributed by atoms with Gasteiger partial charge in [0.2, 0.25) is 0 Å². The zero-order chi connectivity index (χ0) is 14.1. The summed E-state index contributed by atoms with van der Waals surface area (Å²) in [4.78, 5) is 4.47. The standard InChI is InChI=1S/C17H14FNO/c1-11-10-13(18)7-8-14(11)17(20)16-9-6-12-4-2-3-5-15(12)19-16/h2-10,17,20H,1H3. The Hall–Kier alpha value is -2.26. The molecule has 0 radical (unpaired) electrons. The molecule has 2 aromatic carbocycles. The Balaban J connectivity index is 2.05. The van der Waals surface area contributed by atoms with Crippen molar-refractivity contribution in [3.63, 3.8) is 0 Å². The van der Waals surface area contributed by atoms with Gasteiger partial charge in [0.15, 0.2) is 0 Å². The maximum atomic E-state index is 13.1. The number of hydrogen-bond donors (Lipinski definition) is 1. The Morgan fingerprint density at radius 2 is 1.85 bits per heavy atom. The van der Waals surface area contributed by atoms with Gasteiger partial charge in [0.25, 0.3) is 0 Å². The van der Waals surface area contributed by atoms with Crippen molar-refractivity contribution in [2.75, 3.05) is 0 Å². The molecule has 0 aliphatic carbocycles. The molecule has 100 valence electrons. The Morgan fingerprint density at radius 3 is 2.65 bits per heavy atom. The fraction of sp³-hybridized carbons (Fsp3) is 0.118. The van der Waals surface area contributed by atoms with Crippen LogP contribution in [0.4, 0.5) is 4.39 Å². The van der Waals surface area contributed by atoms with E-state index >= 15 is 0 Å². The molecule has 20 heavy (non-hydrogen) atoms. The number of aromatic nitrogens is 1. The highest BCUT2D eigenvalue weighted by atomic mass is 19.1. The molecule has 3 aromatic rings. The van der Waals surface area contributed by atoms with Crippen LogP contribution in [0.3, 0.4) is 0 Å². The SMILES string of the molecule is Cc1cc(F)ccc1C(O)c1ccc2ccccc2n1. The number of hydrogen-bond acceptors (Lipinski definition) is 2. The summed E-state index contributed by atoms with van der Waals surface area (Å²) in [5.74, 6) is -0.301. The van der Waals surface area contributed by atoms with Crippen LogP contribution in [0.2, 0.25) is 0 Å². The molecule has 0 saturated carbocycles. The fourth-order valence-corrected chi connectivity index (χ4v) is 2.34. The van der Waals surface area contributed by atoms with Crippen molar-refractivity contribution >= 4 is 10.9 Å². The van der Waals surface area contributed by atoms with Crippen LogP contribution in [0, 0.1) is 12.7 Å². The van der Waals surface area contributed by atoms with Crippen LogP contribution in [0.5, 0.6) is 0 Å². The third kappa shape index (κ3) is 2.28. The number of pyridine rings is 1. The summed E-state index contributed by atoms with van der Waals surface area (Å²) < 4.78 is 13.1. The normalized spacial score (nSPS) is 12.6. The van der Waals surface area contributed by atoms with Crippen molar-refractivity contribution in [1.82, 2.24) is 4.98 Å². The molecule has 3 rings (SSSR count). The molecule has 0 fully saturated rings. The number of fused-ring (bicyclic) bond motifs is 1. The van der Waals surface area contributed by atoms with E-state index in [-0.39, 0.29) is 5.82 Å². The maximum absolute atomic E-state index is 13.1. The van der Waals surface area contributed by atoms with E-state index in [1.54, 1.807) is 19.1 Å². The summed E-state index contributed by atoms with van der Waals surface area (Å²) in [7, 11) is 0. The molecule has 3 heteroatoms. The Labute approximate surface area is 116 Å². The molecular formula is C17H14FNO. The summed E-state index contributed by atoms with van der Waals surface area (Å²) in [6, 6.07) is 15.8. The lowest BCUT2D eigenvalue weighted by molar-refractivity contribution is 0.215. The molecule has 1 unspecified atom stereocenters. The van der Waals surface area contributed by atoms with Crippen LogP contribution >= 0.6 is 0 Å². The van der Waals surface area contributed by atoms with Gasteiger partial charge in [-0.3, -0.25) is 0 Å². The molecule has 0 spiro atoms. The largest absolute Gasteiger partial charge is 0.382 e. The molecule has 0 saturated heterocycles. The van der Waals surface area contributed by atoms with Crippen molar-refractivity contribution in [3.05, 3.63) is 77.2 Å². The average Bonchev–Trinajstić information content (AvgIpc) is 2.46. The lowest BCUT2D eigenvalue weighted by atomic mass is 10.00. The van der Waals surface area contributed by atoms with Crippen LogP contribution in [0.15, 0.2) is 54.6 Å². The van der Waals surface area contributed by atoms with Crippen LogP contribution in [0.25, 0.3) is 10.9 Å². The lowest BCUT2D eigenvalue weighted by Crippen LogP contribution is -2.04. The number of rotatable bonds is 2. The number of benzene rings is 2. The quantitative estimate of drug-likeness (QED) is 0.766. The maximum Gasteiger partial charge on any atom is 0.123 e. The summed E-state index contributed by atoms with van der Waals surface area (Å²) in [6.45, 7) is 1.78. The van der Waals surface area contributed by atoms with Gasteiger partial charge >= 0.3 is 0 Å². The number of halogens is 1. The van der Waals surface area contributed by atoms with Crippen LogP contribution < -0.4 is 0 Å². The second-order valence-electron chi connectivity index (χ2n) is 4.83. The van der Waals surface area contributed by atoms with E-state index in [1.807, 2.05) is 30.3 Å². The van der Waals surface area contributed by atoms with Gasteiger partial charge in [0.1, 0.15) is 11.9 Å². The van der Waals surface area contributed by atoms with E-state index in [4.69, 9.17) is 0 Å². The first kappa shape index (κ1) is 12.8.